The number of ether oxygens (including phenoxy) is 26. The van der Waals surface area contributed by atoms with Crippen LogP contribution in [-0.2, 0) is 217 Å². The van der Waals surface area contributed by atoms with Gasteiger partial charge in [0.2, 0.25) is 11.8 Å². The van der Waals surface area contributed by atoms with E-state index in [2.05, 4.69) is 41.4 Å². The number of rotatable bonds is 45. The third-order valence-corrected chi connectivity index (χ3v) is 27.7. The lowest BCUT2D eigenvalue weighted by atomic mass is 9.71. The van der Waals surface area contributed by atoms with Crippen LogP contribution >= 0.6 is 0 Å². The predicted octanol–water partition coefficient (Wildman–Crippen LogP) is 6.16. The van der Waals surface area contributed by atoms with Crippen molar-refractivity contribution in [2.75, 3.05) is 46.2 Å². The molecule has 8 aliphatic rings. The van der Waals surface area contributed by atoms with Crippen LogP contribution in [0.25, 0.3) is 0 Å². The molecular formula is C100H150N8O40. The van der Waals surface area contributed by atoms with Gasteiger partial charge in [-0.25, -0.2) is 9.36 Å². The molecule has 2 amide bonds. The normalized spacial score (nSPS) is 34.2. The summed E-state index contributed by atoms with van der Waals surface area (Å²) in [5, 5.41) is 17.1. The highest BCUT2D eigenvalue weighted by Gasteiger charge is 2.61. The van der Waals surface area contributed by atoms with Gasteiger partial charge in [-0.15, -0.1) is 10.2 Å². The SMILES string of the molecule is CCC1=C[C@@H](N(C(C)=O)[C@@H]2C[C@@H](OC(C)=O)[C@H](O[C@H]3C(CC)O[C@@H](O[C@H]4C(CC)O[C@H](OCc5cn(CCOCCOCCn6cc(CO[C@@H]7OC(COC(C)=O)[C@@H](O[C@H]8OC(COC(C)=O)[C@@H](O[C@H]9OC(C)[C@@H](N(C(C)=O)[C@H]%10C=C(COC(C)=O)[C@@H](C)[C@H](C)[C@H]%10C)CC9C)[C@H](OC(C)=O)C8C)[C@H](C)C7OC(C)=O)nn6)nn5)[C@H](C)C4OC(C)=O)[C@H](OC(C)=O)C3OC(C)=O)OC2C)[C@@H](OC(C)=O)[C@H](OC(C)=O)[C@H]1OC(C)=O. The minimum Gasteiger partial charge on any atom is -0.463 e. The van der Waals surface area contributed by atoms with E-state index in [1.807, 2.05) is 24.8 Å². The number of hydrogen-bond donors (Lipinski definition) is 0. The lowest BCUT2D eigenvalue weighted by Gasteiger charge is -2.51. The monoisotopic (exact) mass is 2100 g/mol. The van der Waals surface area contributed by atoms with Gasteiger partial charge in [0.25, 0.3) is 0 Å². The van der Waals surface area contributed by atoms with E-state index < -0.39 is 274 Å². The average molecular weight is 2100 g/mol. The molecule has 6 aliphatic heterocycles. The highest BCUT2D eigenvalue weighted by atomic mass is 16.8. The highest BCUT2D eigenvalue weighted by Crippen LogP contribution is 2.47. The number of esters is 12. The van der Waals surface area contributed by atoms with Crippen LogP contribution in [0.2, 0.25) is 0 Å². The molecule has 2 aromatic rings. The fraction of sp³-hybridized carbons (Fsp3) is 0.780. The Bertz CT molecular complexity index is 4890. The molecule has 0 aromatic carbocycles. The van der Waals surface area contributed by atoms with Gasteiger partial charge in [-0.1, -0.05) is 91.8 Å². The molecule has 2 aromatic heterocycles. The lowest BCUT2D eigenvalue weighted by Crippen LogP contribution is -2.67. The molecule has 6 fully saturated rings. The first kappa shape index (κ1) is 120. The largest absolute Gasteiger partial charge is 0.463 e. The summed E-state index contributed by atoms with van der Waals surface area (Å²) in [4.78, 5) is 186. The Morgan fingerprint density at radius 1 is 0.345 bits per heavy atom. The Labute approximate surface area is 860 Å². The number of hydrogen-bond acceptors (Lipinski definition) is 44. The summed E-state index contributed by atoms with van der Waals surface area (Å²) in [5.41, 5.74) is 2.11. The molecule has 48 nitrogen and oxygen atoms in total. The molecule has 0 spiro atoms. The van der Waals surface area contributed by atoms with Crippen molar-refractivity contribution in [2.45, 2.75) is 416 Å². The van der Waals surface area contributed by atoms with Gasteiger partial charge in [-0.05, 0) is 68.4 Å². The van der Waals surface area contributed by atoms with Crippen molar-refractivity contribution >= 4 is 83.4 Å². The maximum absolute atomic E-state index is 14.2. The van der Waals surface area contributed by atoms with E-state index in [9.17, 15) is 67.1 Å². The van der Waals surface area contributed by atoms with Crippen LogP contribution in [0.5, 0.6) is 0 Å². The number of aromatic nitrogens is 6. The number of carbonyl (C=O) groups excluding carboxylic acids is 14. The van der Waals surface area contributed by atoms with Crippen LogP contribution in [-0.4, -0.2) is 347 Å². The summed E-state index contributed by atoms with van der Waals surface area (Å²) in [6.07, 6.45) is -22.8. The molecule has 6 saturated heterocycles. The van der Waals surface area contributed by atoms with Gasteiger partial charge in [0.1, 0.15) is 73.9 Å². The van der Waals surface area contributed by atoms with E-state index in [1.54, 1.807) is 71.6 Å². The quantitative estimate of drug-likeness (QED) is 0.0310. The van der Waals surface area contributed by atoms with Crippen molar-refractivity contribution < 1.29 is 190 Å². The van der Waals surface area contributed by atoms with Crippen LogP contribution in [0, 0.1) is 41.4 Å². The highest BCUT2D eigenvalue weighted by molar-refractivity contribution is 5.76. The first-order chi connectivity index (χ1) is 70.0. The fourth-order valence-corrected chi connectivity index (χ4v) is 20.5. The first-order valence-corrected chi connectivity index (χ1v) is 50.7. The average Bonchev–Trinajstić information content (AvgIpc) is 0.892. The molecule has 2 aliphatic carbocycles. The van der Waals surface area contributed by atoms with Crippen molar-refractivity contribution in [1.29, 1.82) is 0 Å². The van der Waals surface area contributed by atoms with Gasteiger partial charge >= 0.3 is 71.6 Å². The second-order valence-corrected chi connectivity index (χ2v) is 39.0. The molecule has 0 radical (unpaired) electrons. The van der Waals surface area contributed by atoms with Gasteiger partial charge in [-0.3, -0.25) is 67.1 Å². The molecule has 10 rings (SSSR count). The van der Waals surface area contributed by atoms with E-state index in [0.717, 1.165) is 47.1 Å². The van der Waals surface area contributed by atoms with E-state index in [4.69, 9.17) is 123 Å². The van der Waals surface area contributed by atoms with Crippen LogP contribution < -0.4 is 0 Å². The lowest BCUT2D eigenvalue weighted by molar-refractivity contribution is -0.368. The third-order valence-electron chi connectivity index (χ3n) is 27.7. The van der Waals surface area contributed by atoms with Crippen LogP contribution in [0.3, 0.4) is 0 Å². The number of nitrogens with zero attached hydrogens (tertiary/aromatic N) is 8. The van der Waals surface area contributed by atoms with E-state index >= 15 is 0 Å². The standard InChI is InChI=1S/C100H150N8O40/c1-27-70-37-77(88(137-66(23)119)92(138-67(24)120)87(70)136-65(22)118)108(57(14)110)76-39-80(132-61(18)114)98(131-55(76)12)147-90-79(29-3)142-100(94(140-69(26)122)93(90)139-68(25)121)148-89-78(28-2)141-96(52(9)84(89)133-62(19)115)128-43-72-40-105(103-101-72)30-32-123-34-35-124-33-31-106-41-73(102-104-106)44-129-99-86(135-64(21)117)51(8)83(81(144-99)45-126-59(16)112)145-97-53(10)85(134-63(20)116)91(82(143-97)46-127-60(17)113)146-95-47(4)36-75(54(11)130-95)107(56(13)109)74-38-71(42-125-58(15)111)49(6)48(5)50(74)7/h37-38,40-41,47-55,74-100H,27-36,39,42-46H2,1-26H3/t47?,48-,49-,50+,51-,52+,53?,54?,55?,74-,75-,76+,77+,78?,79?,80+,81?,82?,83-,84?,85+,86?,87-,88+,89-,90-,91+,92+,93?,94+,95+,96-,97+,98-,99+,100-/m0/s1. The predicted molar refractivity (Wildman–Crippen MR) is 505 cm³/mol. The molecular weight excluding hydrogens is 1950 g/mol. The Balaban J connectivity index is 0.712. The second kappa shape index (κ2) is 55.2. The Kier molecular flexibility index (Phi) is 44.6. The summed E-state index contributed by atoms with van der Waals surface area (Å²) in [6.45, 7) is 39.5. The van der Waals surface area contributed by atoms with Gasteiger partial charge in [0.05, 0.1) is 120 Å². The molecule has 8 heterocycles. The van der Waals surface area contributed by atoms with E-state index in [-0.39, 0.29) is 127 Å². The summed E-state index contributed by atoms with van der Waals surface area (Å²) in [6, 6.07) is -2.99. The zero-order valence-corrected chi connectivity index (χ0v) is 89.3. The molecule has 0 bridgehead atoms. The smallest absolute Gasteiger partial charge is 0.303 e. The molecule has 36 atom stereocenters. The fourth-order valence-electron chi connectivity index (χ4n) is 20.5. The molecule has 830 valence electrons. The van der Waals surface area contributed by atoms with Gasteiger partial charge in [0.15, 0.2) is 80.5 Å². The van der Waals surface area contributed by atoms with Crippen molar-refractivity contribution in [1.82, 2.24) is 39.8 Å². The van der Waals surface area contributed by atoms with Crippen LogP contribution in [0.15, 0.2) is 35.7 Å². The molecule has 48 heteroatoms. The third kappa shape index (κ3) is 32.0. The van der Waals surface area contributed by atoms with Crippen molar-refractivity contribution in [3.63, 3.8) is 0 Å². The first-order valence-electron chi connectivity index (χ1n) is 50.7. The number of amides is 2. The zero-order chi connectivity index (χ0) is 109. The second-order valence-electron chi connectivity index (χ2n) is 39.0. The summed E-state index contributed by atoms with van der Waals surface area (Å²) >= 11 is 0. The zero-order valence-electron chi connectivity index (χ0n) is 89.3. The Hall–Kier alpha value is -10.2. The van der Waals surface area contributed by atoms with E-state index in [1.165, 1.54) is 65.0 Å². The summed E-state index contributed by atoms with van der Waals surface area (Å²) in [5.74, 6) is -12.0. The molecule has 0 saturated carbocycles. The van der Waals surface area contributed by atoms with Gasteiger partial charge < -0.3 is 133 Å². The number of carbonyl (C=O) groups is 14. The maximum Gasteiger partial charge on any atom is 0.303 e. The molecule has 0 N–H and O–H groups in total. The summed E-state index contributed by atoms with van der Waals surface area (Å²) < 4.78 is 164. The summed E-state index contributed by atoms with van der Waals surface area (Å²) in [7, 11) is 0. The van der Waals surface area contributed by atoms with Crippen molar-refractivity contribution in [3.05, 3.63) is 47.1 Å². The topological polar surface area (TPSA) is 547 Å². The van der Waals surface area contributed by atoms with Crippen molar-refractivity contribution in [3.8, 4) is 0 Å². The van der Waals surface area contributed by atoms with Gasteiger partial charge in [-0.2, -0.15) is 0 Å². The molecule has 148 heavy (non-hydrogen) atoms. The minimum absolute atomic E-state index is 0.0245. The van der Waals surface area contributed by atoms with Gasteiger partial charge in [0, 0.05) is 127 Å². The van der Waals surface area contributed by atoms with Crippen LogP contribution in [0.4, 0.5) is 0 Å². The Morgan fingerprint density at radius 2 is 0.750 bits per heavy atom. The minimum atomic E-state index is -1.63. The van der Waals surface area contributed by atoms with Crippen molar-refractivity contribution in [2.24, 2.45) is 41.4 Å². The maximum atomic E-state index is 14.2. The molecule has 11 unspecified atom stereocenters. The Morgan fingerprint density at radius 3 is 1.26 bits per heavy atom. The van der Waals surface area contributed by atoms with Crippen LogP contribution in [0.1, 0.15) is 224 Å². The van der Waals surface area contributed by atoms with E-state index in [0.29, 0.717) is 23.4 Å².